The first-order chi connectivity index (χ1) is 7.40. The normalized spacial score (nSPS) is 10.7. The van der Waals surface area contributed by atoms with Gasteiger partial charge in [-0.1, -0.05) is 30.3 Å². The van der Waals surface area contributed by atoms with Gasteiger partial charge in [-0.05, 0) is 29.0 Å². The van der Waals surface area contributed by atoms with Crippen molar-refractivity contribution >= 4 is 22.7 Å². The summed E-state index contributed by atoms with van der Waals surface area (Å²) in [5, 5.41) is 5.42. The number of aldehydes is 1. The molecule has 0 aromatic heterocycles. The highest BCUT2D eigenvalue weighted by Crippen LogP contribution is 2.18. The fourth-order valence-corrected chi connectivity index (χ4v) is 1.46. The monoisotopic (exact) mass is 197 g/mol. The molecule has 0 aliphatic rings. The van der Waals surface area contributed by atoms with E-state index in [9.17, 15) is 4.79 Å². The summed E-state index contributed by atoms with van der Waals surface area (Å²) in [4.78, 5) is 10.1. The molecular formula is C13H11NO. The molecule has 0 amide bonds. The van der Waals surface area contributed by atoms with Crippen molar-refractivity contribution in [1.29, 1.82) is 0 Å². The van der Waals surface area contributed by atoms with Crippen molar-refractivity contribution in [2.24, 2.45) is 0 Å². The Hall–Kier alpha value is -2.09. The molecule has 0 saturated carbocycles. The lowest BCUT2D eigenvalue weighted by atomic mass is 10.1. The van der Waals surface area contributed by atoms with E-state index in [0.29, 0.717) is 0 Å². The number of anilines is 1. The maximum atomic E-state index is 10.1. The second-order valence-electron chi connectivity index (χ2n) is 3.20. The summed E-state index contributed by atoms with van der Waals surface area (Å²) >= 11 is 0. The van der Waals surface area contributed by atoms with Crippen LogP contribution in [0.15, 0.2) is 54.7 Å². The third-order valence-electron chi connectivity index (χ3n) is 2.17. The molecule has 0 heterocycles. The van der Waals surface area contributed by atoms with Gasteiger partial charge in [0.1, 0.15) is 6.29 Å². The van der Waals surface area contributed by atoms with Crippen molar-refractivity contribution in [3.05, 3.63) is 54.7 Å². The zero-order valence-corrected chi connectivity index (χ0v) is 8.18. The summed E-state index contributed by atoms with van der Waals surface area (Å²) in [7, 11) is 0. The molecule has 0 saturated heterocycles. The third kappa shape index (κ3) is 2.23. The molecule has 2 aromatic rings. The molecule has 15 heavy (non-hydrogen) atoms. The summed E-state index contributed by atoms with van der Waals surface area (Å²) in [6.07, 6.45) is 3.79. The van der Waals surface area contributed by atoms with E-state index in [0.717, 1.165) is 12.0 Å². The predicted molar refractivity (Wildman–Crippen MR) is 62.8 cm³/mol. The Morgan fingerprint density at radius 2 is 1.80 bits per heavy atom. The molecule has 0 fully saturated rings. The molecule has 2 nitrogen and oxygen atoms in total. The zero-order valence-electron chi connectivity index (χ0n) is 8.18. The van der Waals surface area contributed by atoms with Gasteiger partial charge in [-0.2, -0.15) is 0 Å². The average molecular weight is 197 g/mol. The van der Waals surface area contributed by atoms with Gasteiger partial charge in [-0.3, -0.25) is 4.79 Å². The number of hydrogen-bond acceptors (Lipinski definition) is 2. The molecule has 2 rings (SSSR count). The van der Waals surface area contributed by atoms with Crippen LogP contribution < -0.4 is 5.32 Å². The van der Waals surface area contributed by atoms with Crippen molar-refractivity contribution in [3.63, 3.8) is 0 Å². The molecular weight excluding hydrogens is 186 g/mol. The first-order valence-electron chi connectivity index (χ1n) is 4.76. The first kappa shape index (κ1) is 9.46. The number of carbonyl (C=O) groups excluding carboxylic acids is 1. The van der Waals surface area contributed by atoms with Crippen LogP contribution in [0, 0.1) is 0 Å². The second kappa shape index (κ2) is 4.42. The maximum Gasteiger partial charge on any atom is 0.144 e. The van der Waals surface area contributed by atoms with Crippen LogP contribution in [-0.4, -0.2) is 6.29 Å². The Kier molecular flexibility index (Phi) is 2.79. The van der Waals surface area contributed by atoms with Crippen molar-refractivity contribution in [3.8, 4) is 0 Å². The summed E-state index contributed by atoms with van der Waals surface area (Å²) in [6.45, 7) is 0. The third-order valence-corrected chi connectivity index (χ3v) is 2.17. The molecule has 0 spiro atoms. The van der Waals surface area contributed by atoms with E-state index in [1.807, 2.05) is 30.3 Å². The molecule has 0 radical (unpaired) electrons. The molecule has 0 aliphatic carbocycles. The van der Waals surface area contributed by atoms with Gasteiger partial charge >= 0.3 is 0 Å². The van der Waals surface area contributed by atoms with Crippen molar-refractivity contribution in [2.45, 2.75) is 0 Å². The van der Waals surface area contributed by atoms with E-state index in [-0.39, 0.29) is 0 Å². The Bertz CT molecular complexity index is 503. The van der Waals surface area contributed by atoms with Gasteiger partial charge in [-0.25, -0.2) is 0 Å². The zero-order chi connectivity index (χ0) is 10.5. The highest BCUT2D eigenvalue weighted by molar-refractivity contribution is 5.85. The molecule has 0 atom stereocenters. The molecule has 0 aliphatic heterocycles. The lowest BCUT2D eigenvalue weighted by Crippen LogP contribution is -1.86. The Balaban J connectivity index is 2.30. The topological polar surface area (TPSA) is 29.1 Å². The summed E-state index contributed by atoms with van der Waals surface area (Å²) in [6, 6.07) is 14.2. The lowest BCUT2D eigenvalue weighted by molar-refractivity contribution is -0.104. The van der Waals surface area contributed by atoms with Crippen molar-refractivity contribution < 1.29 is 4.79 Å². The Morgan fingerprint density at radius 3 is 2.60 bits per heavy atom. The van der Waals surface area contributed by atoms with Crippen LogP contribution >= 0.6 is 0 Å². The molecule has 2 heteroatoms. The first-order valence-corrected chi connectivity index (χ1v) is 4.76. The van der Waals surface area contributed by atoms with E-state index in [1.165, 1.54) is 16.8 Å². The number of allylic oxidation sites excluding steroid dienone is 1. The molecule has 0 bridgehead atoms. The van der Waals surface area contributed by atoms with Gasteiger partial charge in [0.25, 0.3) is 0 Å². The largest absolute Gasteiger partial charge is 0.362 e. The van der Waals surface area contributed by atoms with E-state index in [1.54, 1.807) is 6.20 Å². The number of rotatable bonds is 3. The number of nitrogens with one attached hydrogen (secondary N) is 1. The van der Waals surface area contributed by atoms with Crippen molar-refractivity contribution in [2.75, 3.05) is 5.32 Å². The number of fused-ring (bicyclic) bond motifs is 1. The van der Waals surface area contributed by atoms with E-state index < -0.39 is 0 Å². The standard InChI is InChI=1S/C13H11NO/c15-9-3-8-14-13-7-6-11-4-1-2-5-12(11)10-13/h1-10,14H/b8-3+. The predicted octanol–water partition coefficient (Wildman–Crippen LogP) is 2.96. The van der Waals surface area contributed by atoms with Crippen LogP contribution in [-0.2, 0) is 4.79 Å². The fraction of sp³-hybridized carbons (Fsp3) is 0. The van der Waals surface area contributed by atoms with E-state index in [2.05, 4.69) is 17.4 Å². The molecule has 2 aromatic carbocycles. The number of carbonyl (C=O) groups is 1. The lowest BCUT2D eigenvalue weighted by Gasteiger charge is -2.02. The highest BCUT2D eigenvalue weighted by Gasteiger charge is 1.92. The summed E-state index contributed by atoms with van der Waals surface area (Å²) in [5.41, 5.74) is 0.979. The van der Waals surface area contributed by atoms with Crippen molar-refractivity contribution in [1.82, 2.24) is 0 Å². The van der Waals surface area contributed by atoms with Crippen LogP contribution in [0.5, 0.6) is 0 Å². The van der Waals surface area contributed by atoms with Gasteiger partial charge < -0.3 is 5.32 Å². The van der Waals surface area contributed by atoms with E-state index >= 15 is 0 Å². The van der Waals surface area contributed by atoms with Crippen LogP contribution in [0.4, 0.5) is 5.69 Å². The minimum atomic E-state index is 0.744. The summed E-state index contributed by atoms with van der Waals surface area (Å²) < 4.78 is 0. The second-order valence-corrected chi connectivity index (χ2v) is 3.20. The fourth-order valence-electron chi connectivity index (χ4n) is 1.46. The van der Waals surface area contributed by atoms with Gasteiger partial charge in [0, 0.05) is 11.9 Å². The van der Waals surface area contributed by atoms with E-state index in [4.69, 9.17) is 0 Å². The van der Waals surface area contributed by atoms with Crippen LogP contribution in [0.1, 0.15) is 0 Å². The highest BCUT2D eigenvalue weighted by atomic mass is 16.1. The smallest absolute Gasteiger partial charge is 0.144 e. The minimum Gasteiger partial charge on any atom is -0.362 e. The van der Waals surface area contributed by atoms with Crippen LogP contribution in [0.25, 0.3) is 10.8 Å². The Labute approximate surface area is 88.2 Å². The Morgan fingerprint density at radius 1 is 1.00 bits per heavy atom. The molecule has 74 valence electrons. The minimum absolute atomic E-state index is 0.744. The SMILES string of the molecule is O=C/C=C/Nc1ccc2ccccc2c1. The molecule has 1 N–H and O–H groups in total. The quantitative estimate of drug-likeness (QED) is 0.605. The number of hydrogen-bond donors (Lipinski definition) is 1. The average Bonchev–Trinajstić information content (AvgIpc) is 2.29. The summed E-state index contributed by atoms with van der Waals surface area (Å²) in [5.74, 6) is 0. The van der Waals surface area contributed by atoms with Crippen LogP contribution in [0.2, 0.25) is 0 Å². The van der Waals surface area contributed by atoms with Gasteiger partial charge in [0.2, 0.25) is 0 Å². The maximum absolute atomic E-state index is 10.1. The number of benzene rings is 2. The van der Waals surface area contributed by atoms with Gasteiger partial charge in [0.15, 0.2) is 0 Å². The van der Waals surface area contributed by atoms with Crippen LogP contribution in [0.3, 0.4) is 0 Å². The van der Waals surface area contributed by atoms with Gasteiger partial charge in [-0.15, -0.1) is 0 Å². The molecule has 0 unspecified atom stereocenters. The van der Waals surface area contributed by atoms with Gasteiger partial charge in [0.05, 0.1) is 0 Å².